The number of fused-ring (bicyclic) bond motifs is 1. The van der Waals surface area contributed by atoms with Crippen molar-refractivity contribution in [1.82, 2.24) is 4.98 Å². The van der Waals surface area contributed by atoms with Crippen LogP contribution < -0.4 is 5.32 Å². The number of para-hydroxylation sites is 1. The van der Waals surface area contributed by atoms with Crippen molar-refractivity contribution in [3.05, 3.63) is 120 Å². The third-order valence-corrected chi connectivity index (χ3v) is 5.70. The maximum Gasteiger partial charge on any atom is 0.416 e. The van der Waals surface area contributed by atoms with Gasteiger partial charge in [0.25, 0.3) is 5.91 Å². The van der Waals surface area contributed by atoms with Crippen LogP contribution >= 0.6 is 0 Å². The highest BCUT2D eigenvalue weighted by atomic mass is 19.4. The lowest BCUT2D eigenvalue weighted by Crippen LogP contribution is -2.14. The lowest BCUT2D eigenvalue weighted by molar-refractivity contribution is -0.137. The Morgan fingerprint density at radius 2 is 1.34 bits per heavy atom. The number of benzene rings is 4. The average Bonchev–Trinajstić information content (AvgIpc) is 2.88. The summed E-state index contributed by atoms with van der Waals surface area (Å²) in [6.07, 6.45) is -4.50. The zero-order chi connectivity index (χ0) is 24.4. The van der Waals surface area contributed by atoms with Crippen LogP contribution in [0.25, 0.3) is 33.3 Å². The average molecular weight is 468 g/mol. The zero-order valence-corrected chi connectivity index (χ0v) is 18.4. The fourth-order valence-corrected chi connectivity index (χ4v) is 3.95. The number of amides is 1. The first kappa shape index (κ1) is 22.3. The minimum atomic E-state index is -4.50. The predicted molar refractivity (Wildman–Crippen MR) is 132 cm³/mol. The van der Waals surface area contributed by atoms with Gasteiger partial charge in [0.05, 0.1) is 22.3 Å². The van der Waals surface area contributed by atoms with Gasteiger partial charge in [-0.05, 0) is 41.5 Å². The molecule has 4 aromatic carbocycles. The van der Waals surface area contributed by atoms with Crippen LogP contribution in [0.3, 0.4) is 0 Å². The lowest BCUT2D eigenvalue weighted by atomic mass is 10.0. The number of anilines is 1. The first-order valence-corrected chi connectivity index (χ1v) is 10.9. The highest BCUT2D eigenvalue weighted by Crippen LogP contribution is 2.31. The Morgan fingerprint density at radius 3 is 2.09 bits per heavy atom. The van der Waals surface area contributed by atoms with Gasteiger partial charge in [-0.25, -0.2) is 4.98 Å². The summed E-state index contributed by atoms with van der Waals surface area (Å²) in [6.45, 7) is 0. The van der Waals surface area contributed by atoms with Crippen LogP contribution in [0.5, 0.6) is 0 Å². The summed E-state index contributed by atoms with van der Waals surface area (Å²) in [5.41, 5.74) is 3.75. The molecule has 5 rings (SSSR count). The molecular weight excluding hydrogens is 449 g/mol. The molecule has 35 heavy (non-hydrogen) atoms. The second-order valence-electron chi connectivity index (χ2n) is 8.05. The molecule has 0 spiro atoms. The summed E-state index contributed by atoms with van der Waals surface area (Å²) in [5.74, 6) is -0.509. The van der Waals surface area contributed by atoms with Gasteiger partial charge in [0.2, 0.25) is 0 Å². The zero-order valence-electron chi connectivity index (χ0n) is 18.4. The lowest BCUT2D eigenvalue weighted by Gasteiger charge is -2.12. The Morgan fingerprint density at radius 1 is 0.686 bits per heavy atom. The van der Waals surface area contributed by atoms with Gasteiger partial charge in [-0.1, -0.05) is 78.9 Å². The summed E-state index contributed by atoms with van der Waals surface area (Å²) in [4.78, 5) is 17.9. The Bertz CT molecular complexity index is 1510. The molecule has 172 valence electrons. The van der Waals surface area contributed by atoms with Gasteiger partial charge in [0, 0.05) is 16.6 Å². The smallest absolute Gasteiger partial charge is 0.322 e. The predicted octanol–water partition coefficient (Wildman–Crippen LogP) is 7.84. The Labute approximate surface area is 199 Å². The van der Waals surface area contributed by atoms with Crippen LogP contribution in [-0.4, -0.2) is 10.9 Å². The fraction of sp³-hybridized carbons (Fsp3) is 0.0345. The molecule has 0 radical (unpaired) electrons. The molecule has 1 N–H and O–H groups in total. The number of alkyl halides is 3. The maximum absolute atomic E-state index is 13.2. The van der Waals surface area contributed by atoms with Crippen molar-refractivity contribution in [2.75, 3.05) is 5.32 Å². The summed E-state index contributed by atoms with van der Waals surface area (Å²) in [6, 6.07) is 31.3. The second-order valence-corrected chi connectivity index (χ2v) is 8.05. The first-order valence-electron chi connectivity index (χ1n) is 10.9. The number of hydrogen-bond donors (Lipinski definition) is 1. The van der Waals surface area contributed by atoms with Crippen molar-refractivity contribution in [1.29, 1.82) is 0 Å². The molecule has 5 aromatic rings. The fourth-order valence-electron chi connectivity index (χ4n) is 3.95. The molecular formula is C29H19F3N2O. The molecule has 1 heterocycles. The van der Waals surface area contributed by atoms with Gasteiger partial charge in [-0.15, -0.1) is 0 Å². The normalized spacial score (nSPS) is 11.4. The van der Waals surface area contributed by atoms with E-state index in [1.165, 1.54) is 12.1 Å². The van der Waals surface area contributed by atoms with Crippen LogP contribution in [-0.2, 0) is 6.18 Å². The van der Waals surface area contributed by atoms with E-state index in [1.807, 2.05) is 60.7 Å². The summed E-state index contributed by atoms with van der Waals surface area (Å²) >= 11 is 0. The topological polar surface area (TPSA) is 42.0 Å². The molecule has 0 unspecified atom stereocenters. The maximum atomic E-state index is 13.2. The van der Waals surface area contributed by atoms with Gasteiger partial charge in [0.1, 0.15) is 0 Å². The molecule has 0 bridgehead atoms. The Kier molecular flexibility index (Phi) is 5.79. The minimum absolute atomic E-state index is 0.0690. The van der Waals surface area contributed by atoms with Gasteiger partial charge >= 0.3 is 6.18 Å². The van der Waals surface area contributed by atoms with Crippen LogP contribution in [0.1, 0.15) is 15.9 Å². The van der Waals surface area contributed by atoms with Crippen molar-refractivity contribution < 1.29 is 18.0 Å². The van der Waals surface area contributed by atoms with Crippen molar-refractivity contribution >= 4 is 22.5 Å². The van der Waals surface area contributed by atoms with Crippen molar-refractivity contribution in [2.45, 2.75) is 6.18 Å². The number of pyridine rings is 1. The number of halogens is 3. The van der Waals surface area contributed by atoms with Gasteiger partial charge in [-0.3, -0.25) is 4.79 Å². The monoisotopic (exact) mass is 468 g/mol. The molecule has 3 nitrogen and oxygen atoms in total. The number of carbonyl (C=O) groups is 1. The van der Waals surface area contributed by atoms with E-state index < -0.39 is 17.6 Å². The summed E-state index contributed by atoms with van der Waals surface area (Å²) < 4.78 is 39.3. The molecule has 0 aliphatic rings. The minimum Gasteiger partial charge on any atom is -0.322 e. The molecule has 0 aliphatic heterocycles. The van der Waals surface area contributed by atoms with Crippen molar-refractivity contribution in [2.24, 2.45) is 0 Å². The second kappa shape index (κ2) is 9.06. The van der Waals surface area contributed by atoms with E-state index in [1.54, 1.807) is 24.3 Å². The summed E-state index contributed by atoms with van der Waals surface area (Å²) in [5, 5.41) is 3.22. The van der Waals surface area contributed by atoms with Crippen molar-refractivity contribution in [3.8, 4) is 22.4 Å². The van der Waals surface area contributed by atoms with E-state index in [0.29, 0.717) is 22.2 Å². The molecule has 6 heteroatoms. The van der Waals surface area contributed by atoms with E-state index in [0.717, 1.165) is 28.8 Å². The number of rotatable bonds is 4. The molecule has 0 fully saturated rings. The number of nitrogens with zero attached hydrogens (tertiary/aromatic N) is 1. The van der Waals surface area contributed by atoms with E-state index in [4.69, 9.17) is 4.98 Å². The Hall–Kier alpha value is -4.45. The number of hydrogen-bond acceptors (Lipinski definition) is 2. The van der Waals surface area contributed by atoms with E-state index >= 15 is 0 Å². The molecule has 0 saturated heterocycles. The Balaban J connectivity index is 1.51. The first-order chi connectivity index (χ1) is 16.9. The quantitative estimate of drug-likeness (QED) is 0.292. The van der Waals surface area contributed by atoms with Crippen LogP contribution in [0.15, 0.2) is 109 Å². The number of aromatic nitrogens is 1. The standard InChI is InChI=1S/C29H19F3N2O/c30-29(31,32)22-9-6-10-23(17-22)33-28(35)25-18-27(34-26-12-5-4-11-24(25)26)21-15-13-20(14-16-21)19-7-2-1-3-8-19/h1-18H,(H,33,35). The van der Waals surface area contributed by atoms with E-state index in [2.05, 4.69) is 5.32 Å². The van der Waals surface area contributed by atoms with Crippen LogP contribution in [0.4, 0.5) is 18.9 Å². The van der Waals surface area contributed by atoms with Gasteiger partial charge < -0.3 is 5.32 Å². The van der Waals surface area contributed by atoms with Gasteiger partial charge in [0.15, 0.2) is 0 Å². The van der Waals surface area contributed by atoms with Crippen LogP contribution in [0, 0.1) is 0 Å². The third-order valence-electron chi connectivity index (χ3n) is 5.70. The molecule has 1 aromatic heterocycles. The highest BCUT2D eigenvalue weighted by Gasteiger charge is 2.30. The molecule has 1 amide bonds. The SMILES string of the molecule is O=C(Nc1cccc(C(F)(F)F)c1)c1cc(-c2ccc(-c3ccccc3)cc2)nc2ccccc12. The number of carbonyl (C=O) groups excluding carboxylic acids is 1. The third kappa shape index (κ3) is 4.77. The van der Waals surface area contributed by atoms with Crippen molar-refractivity contribution in [3.63, 3.8) is 0 Å². The van der Waals surface area contributed by atoms with E-state index in [-0.39, 0.29) is 5.69 Å². The largest absolute Gasteiger partial charge is 0.416 e. The van der Waals surface area contributed by atoms with E-state index in [9.17, 15) is 18.0 Å². The summed E-state index contributed by atoms with van der Waals surface area (Å²) in [7, 11) is 0. The van der Waals surface area contributed by atoms with Crippen LogP contribution in [0.2, 0.25) is 0 Å². The molecule has 0 atom stereocenters. The van der Waals surface area contributed by atoms with Gasteiger partial charge in [-0.2, -0.15) is 13.2 Å². The molecule has 0 saturated carbocycles. The molecule has 0 aliphatic carbocycles. The highest BCUT2D eigenvalue weighted by molar-refractivity contribution is 6.13. The number of nitrogens with one attached hydrogen (secondary N) is 1.